The lowest BCUT2D eigenvalue weighted by Gasteiger charge is -2.19. The van der Waals surface area contributed by atoms with Crippen molar-refractivity contribution in [3.63, 3.8) is 0 Å². The third-order valence-electron chi connectivity index (χ3n) is 4.64. The lowest BCUT2D eigenvalue weighted by molar-refractivity contribution is -0.900. The van der Waals surface area contributed by atoms with Crippen LogP contribution in [0.2, 0.25) is 0 Å². The number of ether oxygens (including phenoxy) is 2. The Hall–Kier alpha value is 0.820. The van der Waals surface area contributed by atoms with Crippen molar-refractivity contribution >= 4 is 75.7 Å². The molecule has 0 spiro atoms. The molecule has 172 valence electrons. The highest BCUT2D eigenvalue weighted by Gasteiger charge is 2.16. The highest BCUT2D eigenvalue weighted by molar-refractivity contribution is 9.25. The van der Waals surface area contributed by atoms with E-state index >= 15 is 0 Å². The number of nitrogens with one attached hydrogen (secondary N) is 1. The third-order valence-corrected chi connectivity index (χ3v) is 6.14. The fourth-order valence-corrected chi connectivity index (χ4v) is 3.48. The first-order valence-electron chi connectivity index (χ1n) is 10.6. The van der Waals surface area contributed by atoms with Gasteiger partial charge in [-0.25, -0.2) is 9.59 Å². The average molecular weight is 674 g/mol. The van der Waals surface area contributed by atoms with Gasteiger partial charge in [-0.2, -0.15) is 0 Å². The number of carbonyl (C=O) groups is 2. The predicted molar refractivity (Wildman–Crippen MR) is 133 cm³/mol. The van der Waals surface area contributed by atoms with Crippen LogP contribution < -0.4 is 4.90 Å². The molecule has 0 radical (unpaired) electrons. The van der Waals surface area contributed by atoms with Crippen molar-refractivity contribution in [3.8, 4) is 0 Å². The summed E-state index contributed by atoms with van der Waals surface area (Å²) in [4.78, 5) is 24.4. The summed E-state index contributed by atoms with van der Waals surface area (Å²) in [6, 6.07) is 0. The van der Waals surface area contributed by atoms with Gasteiger partial charge in [0.15, 0.2) is 7.47 Å². The van der Waals surface area contributed by atoms with Crippen LogP contribution in [0.25, 0.3) is 0 Å². The Morgan fingerprint density at radius 1 is 0.655 bits per heavy atom. The average Bonchev–Trinajstić information content (AvgIpc) is 2.68. The van der Waals surface area contributed by atoms with E-state index in [1.165, 1.54) is 62.7 Å². The number of hydrogen-bond acceptors (Lipinski definition) is 4. The zero-order valence-corrected chi connectivity index (χ0v) is 23.8. The fourth-order valence-electron chi connectivity index (χ4n) is 2.96. The van der Waals surface area contributed by atoms with Gasteiger partial charge in [0.05, 0.1) is 6.54 Å². The summed E-state index contributed by atoms with van der Waals surface area (Å²) in [7, 11) is 0. The van der Waals surface area contributed by atoms with E-state index in [4.69, 9.17) is 9.47 Å². The molecule has 5 nitrogen and oxygen atoms in total. The van der Waals surface area contributed by atoms with Crippen molar-refractivity contribution in [2.75, 3.05) is 32.8 Å². The van der Waals surface area contributed by atoms with Gasteiger partial charge in [0.2, 0.25) is 0 Å². The lowest BCUT2D eigenvalue weighted by atomic mass is 10.1. The second-order valence-corrected chi connectivity index (χ2v) is 13.2. The molecule has 0 heterocycles. The molecular formula is C20H36Br4NO4+. The number of unbranched alkanes of at least 4 members (excludes halogenated alkanes) is 9. The SMILES string of the molecule is CCCCCCCCCCCC[NH+](CCOC(=O)C(Br)Br)CCOC(=O)C(Br)Br. The van der Waals surface area contributed by atoms with Gasteiger partial charge < -0.3 is 14.4 Å². The number of esters is 2. The molecule has 0 aliphatic carbocycles. The minimum absolute atomic E-state index is 0.323. The second-order valence-electron chi connectivity index (χ2n) is 7.12. The Morgan fingerprint density at radius 3 is 1.41 bits per heavy atom. The molecule has 0 aromatic heterocycles. The largest absolute Gasteiger partial charge is 0.458 e. The van der Waals surface area contributed by atoms with Gasteiger partial charge in [-0.15, -0.1) is 0 Å². The van der Waals surface area contributed by atoms with E-state index in [2.05, 4.69) is 70.6 Å². The Labute approximate surface area is 209 Å². The van der Waals surface area contributed by atoms with E-state index in [-0.39, 0.29) is 11.9 Å². The van der Waals surface area contributed by atoms with Crippen LogP contribution in [0, 0.1) is 0 Å². The number of quaternary nitrogens is 1. The molecule has 0 amide bonds. The van der Waals surface area contributed by atoms with E-state index < -0.39 is 7.47 Å². The molecule has 0 aromatic carbocycles. The van der Waals surface area contributed by atoms with E-state index in [9.17, 15) is 9.59 Å². The minimum Gasteiger partial charge on any atom is -0.458 e. The topological polar surface area (TPSA) is 57.0 Å². The van der Waals surface area contributed by atoms with Crippen molar-refractivity contribution in [2.24, 2.45) is 0 Å². The van der Waals surface area contributed by atoms with Crippen LogP contribution in [-0.4, -0.2) is 52.3 Å². The molecule has 29 heavy (non-hydrogen) atoms. The zero-order valence-electron chi connectivity index (χ0n) is 17.4. The number of alkyl halides is 4. The molecule has 0 saturated carbocycles. The van der Waals surface area contributed by atoms with Crippen LogP contribution >= 0.6 is 63.7 Å². The summed E-state index contributed by atoms with van der Waals surface area (Å²) in [6.45, 7) is 5.36. The van der Waals surface area contributed by atoms with Crippen LogP contribution in [0.1, 0.15) is 71.1 Å². The number of halogens is 4. The van der Waals surface area contributed by atoms with Gasteiger partial charge in [-0.05, 0) is 12.8 Å². The first-order chi connectivity index (χ1) is 13.9. The van der Waals surface area contributed by atoms with Gasteiger partial charge in [0.1, 0.15) is 26.3 Å². The Morgan fingerprint density at radius 2 is 1.03 bits per heavy atom. The summed E-state index contributed by atoms with van der Waals surface area (Å²) >= 11 is 12.5. The highest BCUT2D eigenvalue weighted by atomic mass is 79.9. The maximum Gasteiger partial charge on any atom is 0.330 e. The Balaban J connectivity index is 4.00. The standard InChI is InChI=1S/C20H35Br4NO4/c1-2-3-4-5-6-7-8-9-10-11-12-25(13-15-28-19(26)17(21)22)14-16-29-20(27)18(23)24/h17-18H,2-16H2,1H3/p+1. The molecule has 0 rings (SSSR count). The molecule has 0 aliphatic rings. The smallest absolute Gasteiger partial charge is 0.330 e. The summed E-state index contributed by atoms with van der Waals surface area (Å²) in [5.74, 6) is -0.646. The summed E-state index contributed by atoms with van der Waals surface area (Å²) in [5.41, 5.74) is 0. The third kappa shape index (κ3) is 19.2. The van der Waals surface area contributed by atoms with Crippen molar-refractivity contribution in [2.45, 2.75) is 78.6 Å². The summed E-state index contributed by atoms with van der Waals surface area (Å²) in [6.07, 6.45) is 13.0. The van der Waals surface area contributed by atoms with Crippen molar-refractivity contribution < 1.29 is 24.0 Å². The second kappa shape index (κ2) is 20.7. The van der Waals surface area contributed by atoms with Crippen LogP contribution in [0.15, 0.2) is 0 Å². The van der Waals surface area contributed by atoms with Crippen molar-refractivity contribution in [1.82, 2.24) is 0 Å². The van der Waals surface area contributed by atoms with E-state index in [1.807, 2.05) is 0 Å². The van der Waals surface area contributed by atoms with Crippen molar-refractivity contribution in [3.05, 3.63) is 0 Å². The number of rotatable bonds is 19. The number of carbonyl (C=O) groups excluding carboxylic acids is 2. The quantitative estimate of drug-likeness (QED) is 0.118. The van der Waals surface area contributed by atoms with E-state index in [0.717, 1.165) is 13.0 Å². The van der Waals surface area contributed by atoms with Crippen LogP contribution in [-0.2, 0) is 19.1 Å². The van der Waals surface area contributed by atoms with Gasteiger partial charge in [0, 0.05) is 0 Å². The number of hydrogen-bond donors (Lipinski definition) is 1. The Bertz CT molecular complexity index is 399. The molecule has 0 saturated heterocycles. The lowest BCUT2D eigenvalue weighted by Crippen LogP contribution is -3.13. The molecule has 1 N–H and O–H groups in total. The zero-order chi connectivity index (χ0) is 21.9. The normalized spacial score (nSPS) is 11.4. The molecule has 9 heteroatoms. The molecule has 0 fully saturated rings. The molecule has 0 aromatic rings. The molecule has 0 bridgehead atoms. The highest BCUT2D eigenvalue weighted by Crippen LogP contribution is 2.11. The predicted octanol–water partition coefficient (Wildman–Crippen LogP) is 5.11. The molecular weight excluding hydrogens is 638 g/mol. The van der Waals surface area contributed by atoms with E-state index in [1.54, 1.807) is 0 Å². The van der Waals surface area contributed by atoms with Crippen LogP contribution in [0.4, 0.5) is 0 Å². The Kier molecular flexibility index (Phi) is 21.3. The summed E-state index contributed by atoms with van der Waals surface area (Å²) < 4.78 is 9.49. The maximum absolute atomic E-state index is 11.5. The van der Waals surface area contributed by atoms with Gasteiger partial charge in [-0.3, -0.25) is 0 Å². The fraction of sp³-hybridized carbons (Fsp3) is 0.900. The molecule has 0 atom stereocenters. The molecule has 0 unspecified atom stereocenters. The first-order valence-corrected chi connectivity index (χ1v) is 14.3. The van der Waals surface area contributed by atoms with Crippen LogP contribution in [0.3, 0.4) is 0 Å². The van der Waals surface area contributed by atoms with Gasteiger partial charge >= 0.3 is 11.9 Å². The van der Waals surface area contributed by atoms with E-state index in [0.29, 0.717) is 26.3 Å². The monoisotopic (exact) mass is 670 g/mol. The van der Waals surface area contributed by atoms with Gasteiger partial charge in [-0.1, -0.05) is 122 Å². The summed E-state index contributed by atoms with van der Waals surface area (Å²) in [5, 5.41) is 0. The first kappa shape index (κ1) is 29.8. The maximum atomic E-state index is 11.5. The van der Waals surface area contributed by atoms with Crippen LogP contribution in [0.5, 0.6) is 0 Å². The van der Waals surface area contributed by atoms with Gasteiger partial charge in [0.25, 0.3) is 0 Å². The minimum atomic E-state index is -0.476. The van der Waals surface area contributed by atoms with Crippen molar-refractivity contribution in [1.29, 1.82) is 0 Å². The molecule has 0 aliphatic heterocycles.